The summed E-state index contributed by atoms with van der Waals surface area (Å²) in [5.74, 6) is 2.05. The number of hydrogen-bond donors (Lipinski definition) is 3. The number of hydrogen-bond acceptors (Lipinski definition) is 10. The molecule has 15 rings (SSSR count). The van der Waals surface area contributed by atoms with Crippen molar-refractivity contribution >= 4 is 111 Å². The van der Waals surface area contributed by atoms with Crippen LogP contribution < -0.4 is 15.1 Å². The van der Waals surface area contributed by atoms with Gasteiger partial charge in [-0.25, -0.2) is 4.98 Å². The molecule has 1 radical (unpaired) electrons. The van der Waals surface area contributed by atoms with Gasteiger partial charge in [0.15, 0.2) is 4.34 Å². The number of thioether (sulfide) groups is 1. The van der Waals surface area contributed by atoms with E-state index < -0.39 is 0 Å². The van der Waals surface area contributed by atoms with Gasteiger partial charge in [-0.15, -0.1) is 11.3 Å². The van der Waals surface area contributed by atoms with Gasteiger partial charge in [-0.1, -0.05) is 156 Å². The molecule has 0 saturated carbocycles. The molecule has 16 heteroatoms. The van der Waals surface area contributed by atoms with Gasteiger partial charge in [0.05, 0.1) is 40.2 Å². The smallest absolute Gasteiger partial charge is 0.305 e. The average molecular weight is 1250 g/mol. The van der Waals surface area contributed by atoms with E-state index in [-0.39, 0.29) is 49.9 Å². The largest absolute Gasteiger partial charge is 0.313 e. The Labute approximate surface area is 513 Å². The van der Waals surface area contributed by atoms with E-state index in [2.05, 4.69) is 137 Å². The van der Waals surface area contributed by atoms with Crippen LogP contribution in [0.15, 0.2) is 105 Å². The van der Waals surface area contributed by atoms with Crippen molar-refractivity contribution in [3.05, 3.63) is 192 Å². The fourth-order valence-corrected chi connectivity index (χ4v) is 19.1. The molecule has 3 aliphatic carbocycles. The van der Waals surface area contributed by atoms with Gasteiger partial charge in [-0.2, -0.15) is 0 Å². The second-order valence-electron chi connectivity index (χ2n) is 21.4. The second kappa shape index (κ2) is 23.6. The molecule has 3 aromatic heterocycles. The normalized spacial score (nSPS) is 22.0. The number of rotatable bonds is 2. The Morgan fingerprint density at radius 1 is 0.577 bits per heavy atom. The van der Waals surface area contributed by atoms with Crippen LogP contribution in [-0.4, -0.2) is 82.4 Å². The third-order valence-electron chi connectivity index (χ3n) is 17.4. The predicted molar refractivity (Wildman–Crippen MR) is 328 cm³/mol. The molecule has 9 aromatic rings. The van der Waals surface area contributed by atoms with E-state index in [4.69, 9.17) is 39.8 Å². The number of aromatic amines is 2. The quantitative estimate of drug-likeness (QED) is 0.148. The van der Waals surface area contributed by atoms with Crippen molar-refractivity contribution in [3.8, 4) is 0 Å². The number of halogens is 3. The van der Waals surface area contributed by atoms with Gasteiger partial charge in [0.25, 0.3) is 0 Å². The predicted octanol–water partition coefficient (Wildman–Crippen LogP) is 14.6. The Balaban J connectivity index is 0.000000123. The van der Waals surface area contributed by atoms with Crippen LogP contribution in [0.25, 0.3) is 30.6 Å². The topological polar surface area (TPSA) is 97.1 Å². The fourth-order valence-electron chi connectivity index (χ4n) is 14.0. The minimum atomic E-state index is -0.0295. The van der Waals surface area contributed by atoms with Crippen molar-refractivity contribution in [1.82, 2.24) is 30.1 Å². The minimum Gasteiger partial charge on any atom is -0.313 e. The van der Waals surface area contributed by atoms with Crippen LogP contribution in [0.3, 0.4) is 0 Å². The van der Waals surface area contributed by atoms with E-state index in [0.29, 0.717) is 45.9 Å². The Bertz CT molecular complexity index is 3850. The summed E-state index contributed by atoms with van der Waals surface area (Å²) in [4.78, 5) is 39.9. The Hall–Kier alpha value is -3.21. The van der Waals surface area contributed by atoms with E-state index in [0.717, 1.165) is 106 Å². The Morgan fingerprint density at radius 2 is 1.03 bits per heavy atom. The van der Waals surface area contributed by atoms with Crippen LogP contribution in [0.2, 0.25) is 15.1 Å². The molecule has 3 N–H and O–H groups in total. The molecule has 6 aromatic carbocycles. The molecule has 6 aliphatic rings. The maximum atomic E-state index is 12.1. The van der Waals surface area contributed by atoms with Gasteiger partial charge in [0.1, 0.15) is 5.52 Å². The molecule has 0 fully saturated rings. The van der Waals surface area contributed by atoms with Gasteiger partial charge in [-0.3, -0.25) is 9.59 Å². The molecular weight excluding hydrogens is 1180 g/mol. The van der Waals surface area contributed by atoms with Crippen LogP contribution in [0.1, 0.15) is 118 Å². The first-order valence-corrected chi connectivity index (χ1v) is 31.4. The SMILES string of the molecule is C.CCSc1nc2c(Cl)cc3c(c2s1)[C@H]1c2ccccc2CC[C@@H]1N(C)CC3.CN1CCc2cc(Cl)c3[nH]c(=O)sc3c2[C@H]2c3ccccc3CC[C@@H]21.O=c1[nH]c2c(Cl)cc3c(c2s1)[C@H]1c2ccccc2CC[C@@H]1NCC3.[Y]. The molecule has 0 amide bonds. The monoisotopic (exact) mass is 1250 g/mol. The van der Waals surface area contributed by atoms with Crippen LogP contribution in [-0.2, 0) is 71.2 Å². The molecular formula is C62H63Cl3N6O2S4Y. The molecule has 6 heterocycles. The number of aryl methyl sites for hydroxylation is 3. The molecule has 78 heavy (non-hydrogen) atoms. The number of likely N-dealkylation sites (N-methyl/N-ethyl adjacent to an activating group) is 2. The Kier molecular flexibility index (Phi) is 17.1. The summed E-state index contributed by atoms with van der Waals surface area (Å²) in [5.41, 5.74) is 19.4. The van der Waals surface area contributed by atoms with Crippen molar-refractivity contribution in [2.45, 2.75) is 112 Å². The summed E-state index contributed by atoms with van der Waals surface area (Å²) >= 11 is 25.9. The maximum Gasteiger partial charge on any atom is 0.305 e. The number of H-pyrrole nitrogens is 2. The Morgan fingerprint density at radius 3 is 1.55 bits per heavy atom. The zero-order chi connectivity index (χ0) is 51.9. The fraction of sp³-hybridized carbons (Fsp3) is 0.371. The maximum absolute atomic E-state index is 12.1. The van der Waals surface area contributed by atoms with Crippen molar-refractivity contribution in [2.75, 3.05) is 39.5 Å². The van der Waals surface area contributed by atoms with Crippen molar-refractivity contribution in [1.29, 1.82) is 0 Å². The minimum absolute atomic E-state index is 0. The van der Waals surface area contributed by atoms with E-state index in [1.807, 2.05) is 23.1 Å². The van der Waals surface area contributed by atoms with Gasteiger partial charge >= 0.3 is 9.75 Å². The van der Waals surface area contributed by atoms with Crippen molar-refractivity contribution < 1.29 is 32.7 Å². The summed E-state index contributed by atoms with van der Waals surface area (Å²) in [6.07, 6.45) is 9.90. The molecule has 401 valence electrons. The molecule has 8 nitrogen and oxygen atoms in total. The number of aromatic nitrogens is 3. The van der Waals surface area contributed by atoms with Crippen molar-refractivity contribution in [3.63, 3.8) is 0 Å². The molecule has 0 bridgehead atoms. The number of thiazole rings is 3. The van der Waals surface area contributed by atoms with Gasteiger partial charge in [-0.05, 0) is 169 Å². The molecule has 3 aliphatic heterocycles. The third kappa shape index (κ3) is 10.2. The molecule has 0 saturated heterocycles. The van der Waals surface area contributed by atoms with Crippen LogP contribution in [0.5, 0.6) is 0 Å². The van der Waals surface area contributed by atoms with Crippen molar-refractivity contribution in [2.24, 2.45) is 0 Å². The first-order chi connectivity index (χ1) is 37.0. The third-order valence-corrected chi connectivity index (χ3v) is 22.2. The van der Waals surface area contributed by atoms with Gasteiger partial charge in [0.2, 0.25) is 0 Å². The first-order valence-electron chi connectivity index (χ1n) is 26.8. The number of nitrogens with one attached hydrogen (secondary N) is 3. The second-order valence-corrected chi connectivity index (χ2v) is 27.1. The zero-order valence-electron chi connectivity index (χ0n) is 43.3. The average Bonchev–Trinajstić information content (AvgIpc) is 4.25. The van der Waals surface area contributed by atoms with E-state index in [9.17, 15) is 9.59 Å². The molecule has 0 spiro atoms. The number of benzene rings is 6. The van der Waals surface area contributed by atoms with Crippen LogP contribution in [0.4, 0.5) is 0 Å². The summed E-state index contributed by atoms with van der Waals surface area (Å²) in [6, 6.07) is 34.3. The number of nitrogens with zero attached hydrogens (tertiary/aromatic N) is 3. The van der Waals surface area contributed by atoms with Crippen LogP contribution >= 0.6 is 80.6 Å². The summed E-state index contributed by atoms with van der Waals surface area (Å²) in [5, 5.41) is 5.87. The van der Waals surface area contributed by atoms with Gasteiger partial charge in [0, 0.05) is 81.7 Å². The standard InChI is InChI=1S/C22H23ClN2S2.C20H19ClN2OS.C19H17ClN2OS.CH4.Y/c1-3-26-22-24-20-16(23)12-14-10-11-25(2)17-9-8-13-6-4-5-7-15(13)19(17)18(14)21(20)27-22;1-23-9-8-12-10-14(21)18-19(25-20(24)22-18)16(12)17-13-5-3-2-4-11(13)6-7-15(17)23;20-13-9-11-7-8-21-14-6-5-10-3-1-2-4-12(10)16(14)15(11)18-17(13)22-19(23)24-18;;/h4-7,12,17,19H,3,8-11H2,1-2H3;2-5,10,15,17H,6-9H2,1H3,(H,22,24);1-4,9,14,16,21H,5-8H2,(H,22,23);1H4;/t17-,19-;15-,17-;14-,16-;;/m000../s1. The van der Waals surface area contributed by atoms with E-state index >= 15 is 0 Å². The van der Waals surface area contributed by atoms with E-state index in [1.54, 1.807) is 0 Å². The zero-order valence-corrected chi connectivity index (χ0v) is 51.7. The summed E-state index contributed by atoms with van der Waals surface area (Å²) < 4.78 is 4.55. The van der Waals surface area contributed by atoms with E-state index in [1.165, 1.54) is 107 Å². The number of fused-ring (bicyclic) bond motifs is 21. The summed E-state index contributed by atoms with van der Waals surface area (Å²) in [7, 11) is 4.52. The first kappa shape index (κ1) is 56.6. The molecule has 0 unspecified atom stereocenters. The molecule has 6 atom stereocenters. The van der Waals surface area contributed by atoms with Gasteiger partial charge < -0.3 is 25.1 Å². The van der Waals surface area contributed by atoms with Crippen LogP contribution in [0, 0.1) is 0 Å². The summed E-state index contributed by atoms with van der Waals surface area (Å²) in [6.45, 7) is 5.25.